The molecule has 224 valence electrons. The van der Waals surface area contributed by atoms with Crippen LogP contribution in [0.1, 0.15) is 42.2 Å². The molecule has 0 bridgehead atoms. The maximum absolute atomic E-state index is 14.7. The van der Waals surface area contributed by atoms with Crippen molar-refractivity contribution in [2.45, 2.75) is 50.3 Å². The first-order valence-electron chi connectivity index (χ1n) is 13.6. The standard InChI is InChI=1S/C28H24ClF4N7O3/c29-16-9-15(11-34-12-16)23-24-19(10-20(35-23)25-37-27(41)43-38-25)36-26(39-6-7-42-22-3-1-2-21(22)39)40(24)13-14-4-5-17(18(30)8-14)28(31,32)33/h4-5,8-12,21-22,25,38H,1-3,6-7,13H2,(H,37,41)/t21-,22-,25?/m1/s1. The van der Waals surface area contributed by atoms with E-state index >= 15 is 0 Å². The molecule has 3 aromatic heterocycles. The fraction of sp³-hybridized carbons (Fsp3) is 0.357. The molecule has 0 spiro atoms. The molecule has 1 aromatic carbocycles. The van der Waals surface area contributed by atoms with E-state index in [1.165, 1.54) is 12.3 Å². The number of rotatable bonds is 5. The third-order valence-corrected chi connectivity index (χ3v) is 8.16. The van der Waals surface area contributed by atoms with Crippen molar-refractivity contribution in [2.75, 3.05) is 18.1 Å². The Kier molecular flexibility index (Phi) is 6.86. The number of halogens is 5. The number of morpholine rings is 1. The lowest BCUT2D eigenvalue weighted by Gasteiger charge is -2.38. The van der Waals surface area contributed by atoms with Gasteiger partial charge in [-0.2, -0.15) is 13.2 Å². The number of carbonyl (C=O) groups excluding carboxylic acids is 1. The Morgan fingerprint density at radius 3 is 2.72 bits per heavy atom. The first kappa shape index (κ1) is 27.8. The lowest BCUT2D eigenvalue weighted by molar-refractivity contribution is -0.140. The average Bonchev–Trinajstić information content (AvgIpc) is 3.70. The predicted octanol–water partition coefficient (Wildman–Crippen LogP) is 5.35. The van der Waals surface area contributed by atoms with Crippen LogP contribution in [0.15, 0.2) is 42.7 Å². The molecule has 7 rings (SSSR count). The number of hydroxylamine groups is 1. The molecule has 1 unspecified atom stereocenters. The Bertz CT molecular complexity index is 1730. The smallest absolute Gasteiger partial charge is 0.374 e. The van der Waals surface area contributed by atoms with Gasteiger partial charge in [-0.25, -0.2) is 19.2 Å². The second-order valence-corrected chi connectivity index (χ2v) is 11.1. The van der Waals surface area contributed by atoms with Gasteiger partial charge < -0.3 is 19.0 Å². The van der Waals surface area contributed by atoms with Gasteiger partial charge in [0.15, 0.2) is 6.17 Å². The molecule has 2 saturated heterocycles. The largest absolute Gasteiger partial charge is 0.427 e. The molecule has 3 atom stereocenters. The highest BCUT2D eigenvalue weighted by Crippen LogP contribution is 2.39. The summed E-state index contributed by atoms with van der Waals surface area (Å²) in [5, 5.41) is 2.99. The fourth-order valence-electron chi connectivity index (χ4n) is 6.09. The molecule has 4 aromatic rings. The van der Waals surface area contributed by atoms with Crippen LogP contribution >= 0.6 is 11.6 Å². The van der Waals surface area contributed by atoms with E-state index in [0.717, 1.165) is 31.4 Å². The molecule has 1 saturated carbocycles. The molecule has 1 amide bonds. The zero-order valence-electron chi connectivity index (χ0n) is 22.4. The highest BCUT2D eigenvalue weighted by Gasteiger charge is 2.39. The molecule has 2 aliphatic heterocycles. The molecule has 3 aliphatic rings. The van der Waals surface area contributed by atoms with E-state index in [2.05, 4.69) is 20.7 Å². The minimum absolute atomic E-state index is 0.000813. The molecule has 1 aliphatic carbocycles. The summed E-state index contributed by atoms with van der Waals surface area (Å²) in [5.41, 5.74) is 3.94. The van der Waals surface area contributed by atoms with Crippen molar-refractivity contribution in [1.29, 1.82) is 0 Å². The summed E-state index contributed by atoms with van der Waals surface area (Å²) < 4.78 is 62.5. The number of ether oxygens (including phenoxy) is 1. The third kappa shape index (κ3) is 5.12. The van der Waals surface area contributed by atoms with Crippen molar-refractivity contribution in [1.82, 2.24) is 30.3 Å². The van der Waals surface area contributed by atoms with Crippen molar-refractivity contribution in [3.05, 3.63) is 70.4 Å². The van der Waals surface area contributed by atoms with E-state index in [-0.39, 0.29) is 18.7 Å². The van der Waals surface area contributed by atoms with E-state index < -0.39 is 29.8 Å². The number of alkyl halides is 3. The first-order chi connectivity index (χ1) is 20.7. The summed E-state index contributed by atoms with van der Waals surface area (Å²) in [6, 6.07) is 6.32. The molecular weight excluding hydrogens is 594 g/mol. The van der Waals surface area contributed by atoms with Crippen molar-refractivity contribution in [3.8, 4) is 11.3 Å². The maximum atomic E-state index is 14.7. The Morgan fingerprint density at radius 2 is 1.98 bits per heavy atom. The zero-order chi connectivity index (χ0) is 29.9. The van der Waals surface area contributed by atoms with Gasteiger partial charge in [-0.3, -0.25) is 10.3 Å². The van der Waals surface area contributed by atoms with Crippen LogP contribution in [0, 0.1) is 5.82 Å². The van der Waals surface area contributed by atoms with Crippen LogP contribution in [-0.4, -0.2) is 50.9 Å². The quantitative estimate of drug-likeness (QED) is 0.289. The summed E-state index contributed by atoms with van der Waals surface area (Å²) in [7, 11) is 0. The van der Waals surface area contributed by atoms with Crippen molar-refractivity contribution in [3.63, 3.8) is 0 Å². The van der Waals surface area contributed by atoms with Crippen molar-refractivity contribution in [2.24, 2.45) is 0 Å². The van der Waals surface area contributed by atoms with Gasteiger partial charge in [-0.15, -0.1) is 5.48 Å². The molecule has 43 heavy (non-hydrogen) atoms. The number of imidazole rings is 1. The average molecular weight is 618 g/mol. The SMILES string of the molecule is O=C1NC(c2cc3nc(N4CCO[C@@H]5CCC[C@H]54)n(Cc4ccc(C(F)(F)F)c(F)c4)c3c(-c3cncc(Cl)c3)n2)NO1. The number of hydrogen-bond acceptors (Lipinski definition) is 8. The van der Waals surface area contributed by atoms with Crippen LogP contribution < -0.4 is 15.7 Å². The summed E-state index contributed by atoms with van der Waals surface area (Å²) in [6.07, 6.45) is -0.430. The summed E-state index contributed by atoms with van der Waals surface area (Å²) >= 11 is 6.30. The molecule has 5 heterocycles. The Balaban J connectivity index is 1.44. The number of hydrogen-bond donors (Lipinski definition) is 2. The number of aromatic nitrogens is 4. The molecule has 15 heteroatoms. The molecule has 10 nitrogen and oxygen atoms in total. The van der Waals surface area contributed by atoms with Gasteiger partial charge in [0.05, 0.1) is 58.3 Å². The van der Waals surface area contributed by atoms with E-state index in [1.807, 2.05) is 4.57 Å². The minimum atomic E-state index is -4.82. The number of anilines is 1. The van der Waals surface area contributed by atoms with Gasteiger partial charge >= 0.3 is 12.3 Å². The second kappa shape index (κ2) is 10.6. The number of carbonyl (C=O) groups is 1. The number of nitrogens with zero attached hydrogens (tertiary/aromatic N) is 5. The highest BCUT2D eigenvalue weighted by atomic mass is 35.5. The van der Waals surface area contributed by atoms with E-state index in [4.69, 9.17) is 31.1 Å². The van der Waals surface area contributed by atoms with Crippen LogP contribution in [0.5, 0.6) is 0 Å². The van der Waals surface area contributed by atoms with Crippen molar-refractivity contribution >= 4 is 34.7 Å². The van der Waals surface area contributed by atoms with Gasteiger partial charge in [0, 0.05) is 24.5 Å². The van der Waals surface area contributed by atoms with E-state index in [1.54, 1.807) is 18.3 Å². The summed E-state index contributed by atoms with van der Waals surface area (Å²) in [5.74, 6) is -0.814. The van der Waals surface area contributed by atoms with Crippen LogP contribution in [0.4, 0.5) is 28.3 Å². The molecule has 3 fully saturated rings. The second-order valence-electron chi connectivity index (χ2n) is 10.7. The highest BCUT2D eigenvalue weighted by molar-refractivity contribution is 6.30. The van der Waals surface area contributed by atoms with Crippen LogP contribution in [0.2, 0.25) is 5.02 Å². The van der Waals surface area contributed by atoms with Crippen LogP contribution in [0.25, 0.3) is 22.3 Å². The number of benzene rings is 1. The number of pyridine rings is 2. The number of nitrogens with one attached hydrogen (secondary N) is 2. The first-order valence-corrected chi connectivity index (χ1v) is 14.0. The molecule has 0 radical (unpaired) electrons. The Labute approximate surface area is 246 Å². The monoisotopic (exact) mass is 617 g/mol. The van der Waals surface area contributed by atoms with E-state index in [9.17, 15) is 22.4 Å². The van der Waals surface area contributed by atoms with Crippen LogP contribution in [-0.2, 0) is 22.3 Å². The third-order valence-electron chi connectivity index (χ3n) is 7.95. The van der Waals surface area contributed by atoms with Gasteiger partial charge in [0.2, 0.25) is 5.95 Å². The normalized spacial score (nSPS) is 22.1. The Hall–Kier alpha value is -4.01. The zero-order valence-corrected chi connectivity index (χ0v) is 23.1. The van der Waals surface area contributed by atoms with Gasteiger partial charge in [-0.05, 0) is 49.1 Å². The maximum Gasteiger partial charge on any atom is 0.427 e. The molecular formula is C28H24ClF4N7O3. The topological polar surface area (TPSA) is 106 Å². The lowest BCUT2D eigenvalue weighted by Crippen LogP contribution is -2.49. The lowest BCUT2D eigenvalue weighted by atomic mass is 10.1. The summed E-state index contributed by atoms with van der Waals surface area (Å²) in [6.45, 7) is 1.01. The van der Waals surface area contributed by atoms with Crippen LogP contribution in [0.3, 0.4) is 0 Å². The van der Waals surface area contributed by atoms with Gasteiger partial charge in [0.25, 0.3) is 0 Å². The fourth-order valence-corrected chi connectivity index (χ4v) is 6.26. The number of fused-ring (bicyclic) bond motifs is 2. The Morgan fingerprint density at radius 1 is 1.12 bits per heavy atom. The van der Waals surface area contributed by atoms with Gasteiger partial charge in [-0.1, -0.05) is 17.7 Å². The van der Waals surface area contributed by atoms with Crippen molar-refractivity contribution < 1.29 is 31.9 Å². The number of amides is 1. The summed E-state index contributed by atoms with van der Waals surface area (Å²) in [4.78, 5) is 32.9. The van der Waals surface area contributed by atoms with E-state index in [0.29, 0.717) is 57.7 Å². The molecule has 2 N–H and O–H groups in total. The predicted molar refractivity (Wildman–Crippen MR) is 146 cm³/mol. The van der Waals surface area contributed by atoms with Gasteiger partial charge in [0.1, 0.15) is 5.82 Å². The minimum Gasteiger partial charge on any atom is -0.374 e.